The molecule has 1 aliphatic rings. The van der Waals surface area contributed by atoms with E-state index in [4.69, 9.17) is 14.5 Å². The highest BCUT2D eigenvalue weighted by Gasteiger charge is 2.20. The molecule has 0 aliphatic carbocycles. The van der Waals surface area contributed by atoms with Crippen LogP contribution in [-0.2, 0) is 16.0 Å². The zero-order valence-corrected chi connectivity index (χ0v) is 25.3. The highest BCUT2D eigenvalue weighted by atomic mass is 35.5. The minimum absolute atomic E-state index is 0. The number of hydrogen-bond acceptors (Lipinski definition) is 6. The molecule has 1 aliphatic heterocycles. The molecule has 0 spiro atoms. The third kappa shape index (κ3) is 8.07. The van der Waals surface area contributed by atoms with Crippen molar-refractivity contribution in [2.24, 2.45) is 0 Å². The minimum atomic E-state index is -0.456. The maximum atomic E-state index is 14.2. The minimum Gasteiger partial charge on any atom is -0.494 e. The predicted octanol–water partition coefficient (Wildman–Crippen LogP) is 4.78. The lowest BCUT2D eigenvalue weighted by Crippen LogP contribution is -2.48. The van der Waals surface area contributed by atoms with Crippen LogP contribution in [-0.4, -0.2) is 79.1 Å². The van der Waals surface area contributed by atoms with E-state index in [0.29, 0.717) is 17.9 Å². The Balaban J connectivity index is 0.00000462. The van der Waals surface area contributed by atoms with E-state index in [-0.39, 0.29) is 42.4 Å². The third-order valence-corrected chi connectivity index (χ3v) is 7.26. The van der Waals surface area contributed by atoms with Gasteiger partial charge in [-0.2, -0.15) is 0 Å². The van der Waals surface area contributed by atoms with Crippen LogP contribution in [0.1, 0.15) is 38.3 Å². The summed E-state index contributed by atoms with van der Waals surface area (Å²) in [7, 11) is 1.42. The van der Waals surface area contributed by atoms with Gasteiger partial charge in [0.2, 0.25) is 11.8 Å². The van der Waals surface area contributed by atoms with Gasteiger partial charge in [0, 0.05) is 56.6 Å². The molecule has 2 heterocycles. The Hall–Kier alpha value is -3.43. The molecule has 1 N–H and O–H groups in total. The summed E-state index contributed by atoms with van der Waals surface area (Å²) in [6, 6.07) is 10.4. The Labute approximate surface area is 247 Å². The number of hydrogen-bond donors (Lipinski definition) is 1. The van der Waals surface area contributed by atoms with Crippen LogP contribution in [0.2, 0.25) is 0 Å². The Morgan fingerprint density at radius 1 is 1.10 bits per heavy atom. The highest BCUT2D eigenvalue weighted by Crippen LogP contribution is 2.34. The number of halogens is 2. The van der Waals surface area contributed by atoms with E-state index in [1.165, 1.54) is 13.2 Å². The fourth-order valence-corrected chi connectivity index (χ4v) is 5.09. The van der Waals surface area contributed by atoms with E-state index in [0.717, 1.165) is 66.9 Å². The number of fused-ring (bicyclic) bond motifs is 1. The first-order valence-corrected chi connectivity index (χ1v) is 13.8. The van der Waals surface area contributed by atoms with Gasteiger partial charge in [-0.1, -0.05) is 0 Å². The Morgan fingerprint density at radius 3 is 2.49 bits per heavy atom. The van der Waals surface area contributed by atoms with Crippen molar-refractivity contribution in [3.8, 4) is 22.8 Å². The summed E-state index contributed by atoms with van der Waals surface area (Å²) >= 11 is 0. The summed E-state index contributed by atoms with van der Waals surface area (Å²) in [5.74, 6) is 0.443. The number of benzene rings is 2. The number of carbonyl (C=O) groups excluding carboxylic acids is 2. The van der Waals surface area contributed by atoms with Gasteiger partial charge in [-0.25, -0.2) is 9.37 Å². The molecule has 2 amide bonds. The molecule has 10 heteroatoms. The molecule has 1 fully saturated rings. The molecule has 0 radical (unpaired) electrons. The van der Waals surface area contributed by atoms with Crippen LogP contribution in [0, 0.1) is 12.7 Å². The number of ether oxygens (including phenoxy) is 2. The Bertz CT molecular complexity index is 1380. The maximum absolute atomic E-state index is 14.2. The van der Waals surface area contributed by atoms with Crippen molar-refractivity contribution in [1.29, 1.82) is 0 Å². The predicted molar refractivity (Wildman–Crippen MR) is 161 cm³/mol. The first kappa shape index (κ1) is 32.1. The average molecular weight is 587 g/mol. The Kier molecular flexibility index (Phi) is 11.3. The van der Waals surface area contributed by atoms with Crippen molar-refractivity contribution < 1.29 is 23.5 Å². The number of carbonyl (C=O) groups is 2. The number of nitrogens with one attached hydrogen (secondary N) is 1. The number of aromatic nitrogens is 1. The largest absolute Gasteiger partial charge is 0.494 e. The summed E-state index contributed by atoms with van der Waals surface area (Å²) in [4.78, 5) is 33.5. The molecule has 0 saturated carbocycles. The van der Waals surface area contributed by atoms with Crippen LogP contribution in [0.25, 0.3) is 22.2 Å². The molecule has 0 unspecified atom stereocenters. The van der Waals surface area contributed by atoms with Crippen LogP contribution < -0.4 is 14.8 Å². The molecule has 4 rings (SSSR count). The standard InChI is InChI=1S/C31H39FN4O4.ClH/c1-20(2)33-30(38)19-26-21(3)25-18-24(40-16-6-11-35-12-14-36(15-13-35)22(4)37)8-10-28(25)34-31(26)23-7-9-27(32)29(17-23)39-5;/h7-10,17-18,20H,6,11-16,19H2,1-5H3,(H,33,38);1H. The number of pyridine rings is 1. The van der Waals surface area contributed by atoms with Gasteiger partial charge in [0.1, 0.15) is 5.75 Å². The van der Waals surface area contributed by atoms with Gasteiger partial charge in [0.05, 0.1) is 31.3 Å². The zero-order chi connectivity index (χ0) is 28.8. The van der Waals surface area contributed by atoms with Crippen LogP contribution in [0.15, 0.2) is 36.4 Å². The molecule has 0 atom stereocenters. The summed E-state index contributed by atoms with van der Waals surface area (Å²) < 4.78 is 25.4. The molecule has 1 aromatic heterocycles. The van der Waals surface area contributed by atoms with Gasteiger partial charge in [-0.15, -0.1) is 12.4 Å². The molecular formula is C31H40ClFN4O4. The second-order valence-electron chi connectivity index (χ2n) is 10.5. The van der Waals surface area contributed by atoms with E-state index in [9.17, 15) is 14.0 Å². The quantitative estimate of drug-likeness (QED) is 0.344. The maximum Gasteiger partial charge on any atom is 0.224 e. The molecule has 0 bridgehead atoms. The summed E-state index contributed by atoms with van der Waals surface area (Å²) in [5.41, 5.74) is 3.78. The number of methoxy groups -OCH3 is 1. The topological polar surface area (TPSA) is 84.0 Å². The van der Waals surface area contributed by atoms with Gasteiger partial charge in [0.25, 0.3) is 0 Å². The lowest BCUT2D eigenvalue weighted by atomic mass is 9.95. The van der Waals surface area contributed by atoms with Gasteiger partial charge in [0.15, 0.2) is 11.6 Å². The van der Waals surface area contributed by atoms with Gasteiger partial charge in [-0.05, 0) is 74.7 Å². The van der Waals surface area contributed by atoms with E-state index in [1.807, 2.05) is 43.9 Å². The number of aryl methyl sites for hydroxylation is 1. The molecule has 8 nitrogen and oxygen atoms in total. The number of rotatable bonds is 10. The fraction of sp³-hybridized carbons (Fsp3) is 0.452. The second kappa shape index (κ2) is 14.5. The first-order valence-electron chi connectivity index (χ1n) is 13.8. The van der Waals surface area contributed by atoms with Crippen molar-refractivity contribution in [3.05, 3.63) is 53.3 Å². The molecular weight excluding hydrogens is 547 g/mol. The zero-order valence-electron chi connectivity index (χ0n) is 24.5. The average Bonchev–Trinajstić information content (AvgIpc) is 2.93. The SMILES string of the molecule is COc1cc(-c2nc3ccc(OCCCN4CCN(C(C)=O)CC4)cc3c(C)c2CC(=O)NC(C)C)ccc1F.Cl. The molecule has 222 valence electrons. The lowest BCUT2D eigenvalue weighted by molar-refractivity contribution is -0.130. The van der Waals surface area contributed by atoms with Crippen LogP contribution in [0.4, 0.5) is 4.39 Å². The van der Waals surface area contributed by atoms with Gasteiger partial charge >= 0.3 is 0 Å². The molecule has 3 aromatic rings. The molecule has 1 saturated heterocycles. The van der Waals surface area contributed by atoms with Crippen LogP contribution in [0.3, 0.4) is 0 Å². The fourth-order valence-electron chi connectivity index (χ4n) is 5.09. The molecule has 2 aromatic carbocycles. The van der Waals surface area contributed by atoms with Crippen LogP contribution >= 0.6 is 12.4 Å². The first-order chi connectivity index (χ1) is 19.2. The van der Waals surface area contributed by atoms with E-state index >= 15 is 0 Å². The summed E-state index contributed by atoms with van der Waals surface area (Å²) in [6.07, 6.45) is 1.02. The molecule has 41 heavy (non-hydrogen) atoms. The van der Waals surface area contributed by atoms with Gasteiger partial charge < -0.3 is 19.7 Å². The van der Waals surface area contributed by atoms with Crippen molar-refractivity contribution in [1.82, 2.24) is 20.1 Å². The monoisotopic (exact) mass is 586 g/mol. The van der Waals surface area contributed by atoms with Crippen LogP contribution in [0.5, 0.6) is 11.5 Å². The third-order valence-electron chi connectivity index (χ3n) is 7.26. The number of piperazine rings is 1. The Morgan fingerprint density at radius 2 is 1.83 bits per heavy atom. The summed E-state index contributed by atoms with van der Waals surface area (Å²) in [5, 5.41) is 3.86. The van der Waals surface area contributed by atoms with E-state index < -0.39 is 5.82 Å². The second-order valence-corrected chi connectivity index (χ2v) is 10.5. The summed E-state index contributed by atoms with van der Waals surface area (Å²) in [6.45, 7) is 12.3. The van der Waals surface area contributed by atoms with E-state index in [1.54, 1.807) is 19.1 Å². The number of amides is 2. The van der Waals surface area contributed by atoms with Crippen molar-refractivity contribution in [2.75, 3.05) is 46.4 Å². The van der Waals surface area contributed by atoms with Crippen molar-refractivity contribution >= 4 is 35.1 Å². The van der Waals surface area contributed by atoms with E-state index in [2.05, 4.69) is 10.2 Å². The number of nitrogens with zero attached hydrogens (tertiary/aromatic N) is 3. The highest BCUT2D eigenvalue weighted by molar-refractivity contribution is 5.91. The van der Waals surface area contributed by atoms with Crippen molar-refractivity contribution in [2.45, 2.75) is 46.6 Å². The van der Waals surface area contributed by atoms with Crippen molar-refractivity contribution in [3.63, 3.8) is 0 Å². The lowest BCUT2D eigenvalue weighted by Gasteiger charge is -2.34. The van der Waals surface area contributed by atoms with Gasteiger partial charge in [-0.3, -0.25) is 14.5 Å². The normalized spacial score (nSPS) is 13.7. The smallest absolute Gasteiger partial charge is 0.224 e.